The van der Waals surface area contributed by atoms with E-state index in [1.807, 2.05) is 32.9 Å². The third-order valence-electron chi connectivity index (χ3n) is 2.18. The number of sulfonamides is 1. The van der Waals surface area contributed by atoms with Gasteiger partial charge in [-0.25, -0.2) is 8.42 Å². The SMILES string of the molecule is CC(C)(C)CS(=O)(=O)NC(C#N)c1ccccc1. The van der Waals surface area contributed by atoms with Crippen molar-refractivity contribution in [1.29, 1.82) is 5.26 Å². The van der Waals surface area contributed by atoms with Crippen LogP contribution in [-0.2, 0) is 10.0 Å². The lowest BCUT2D eigenvalue weighted by Crippen LogP contribution is -2.34. The van der Waals surface area contributed by atoms with E-state index >= 15 is 0 Å². The van der Waals surface area contributed by atoms with Gasteiger partial charge in [0.05, 0.1) is 11.8 Å². The minimum Gasteiger partial charge on any atom is -0.212 e. The summed E-state index contributed by atoms with van der Waals surface area (Å²) >= 11 is 0. The van der Waals surface area contributed by atoms with Crippen LogP contribution in [0.1, 0.15) is 32.4 Å². The normalized spacial score (nSPS) is 13.9. The van der Waals surface area contributed by atoms with Crippen LogP contribution in [0.25, 0.3) is 0 Å². The first kappa shape index (κ1) is 14.7. The average Bonchev–Trinajstić information content (AvgIpc) is 2.24. The number of nitrogens with one attached hydrogen (secondary N) is 1. The summed E-state index contributed by atoms with van der Waals surface area (Å²) in [5, 5.41) is 9.06. The van der Waals surface area contributed by atoms with Crippen molar-refractivity contribution in [2.24, 2.45) is 5.41 Å². The van der Waals surface area contributed by atoms with Crippen molar-refractivity contribution in [1.82, 2.24) is 4.72 Å². The largest absolute Gasteiger partial charge is 0.213 e. The van der Waals surface area contributed by atoms with E-state index in [1.165, 1.54) is 0 Å². The molecule has 0 aliphatic rings. The van der Waals surface area contributed by atoms with Crippen molar-refractivity contribution in [2.75, 3.05) is 5.75 Å². The molecule has 0 spiro atoms. The van der Waals surface area contributed by atoms with E-state index in [-0.39, 0.29) is 11.2 Å². The molecule has 1 aromatic carbocycles. The Balaban J connectivity index is 2.86. The van der Waals surface area contributed by atoms with Crippen molar-refractivity contribution in [2.45, 2.75) is 26.8 Å². The van der Waals surface area contributed by atoms with E-state index in [2.05, 4.69) is 4.72 Å². The molecule has 0 heterocycles. The Morgan fingerprint density at radius 3 is 2.28 bits per heavy atom. The third-order valence-corrected chi connectivity index (χ3v) is 4.02. The van der Waals surface area contributed by atoms with Gasteiger partial charge in [-0.1, -0.05) is 51.1 Å². The molecule has 1 unspecified atom stereocenters. The summed E-state index contributed by atoms with van der Waals surface area (Å²) < 4.78 is 26.3. The maximum atomic E-state index is 11.9. The fourth-order valence-corrected chi connectivity index (χ4v) is 3.38. The highest BCUT2D eigenvalue weighted by atomic mass is 32.2. The summed E-state index contributed by atoms with van der Waals surface area (Å²) in [5.41, 5.74) is 0.306. The number of benzene rings is 1. The molecule has 0 saturated carbocycles. The molecule has 98 valence electrons. The summed E-state index contributed by atoms with van der Waals surface area (Å²) in [7, 11) is -3.47. The molecule has 0 amide bonds. The predicted molar refractivity (Wildman–Crippen MR) is 71.2 cm³/mol. The Labute approximate surface area is 109 Å². The van der Waals surface area contributed by atoms with E-state index in [0.29, 0.717) is 5.56 Å². The predicted octanol–water partition coefficient (Wildman–Crippen LogP) is 2.22. The molecular weight excluding hydrogens is 248 g/mol. The standard InChI is InChI=1S/C13H18N2O2S/c1-13(2,3)10-18(16,17)15-12(9-14)11-7-5-4-6-8-11/h4-8,12,15H,10H2,1-3H3. The molecule has 1 aromatic rings. The number of hydrogen-bond acceptors (Lipinski definition) is 3. The van der Waals surface area contributed by atoms with Crippen LogP contribution in [0.2, 0.25) is 0 Å². The van der Waals surface area contributed by atoms with Gasteiger partial charge in [0.2, 0.25) is 10.0 Å². The quantitative estimate of drug-likeness (QED) is 0.908. The molecule has 0 aromatic heterocycles. The van der Waals surface area contributed by atoms with E-state index in [1.54, 1.807) is 24.3 Å². The molecule has 18 heavy (non-hydrogen) atoms. The monoisotopic (exact) mass is 266 g/mol. The first-order chi connectivity index (χ1) is 8.23. The van der Waals surface area contributed by atoms with Crippen LogP contribution in [0.15, 0.2) is 30.3 Å². The van der Waals surface area contributed by atoms with E-state index in [0.717, 1.165) is 0 Å². The van der Waals surface area contributed by atoms with Crippen LogP contribution in [0.3, 0.4) is 0 Å². The lowest BCUT2D eigenvalue weighted by molar-refractivity contribution is 0.457. The first-order valence-electron chi connectivity index (χ1n) is 5.68. The second kappa shape index (κ2) is 5.51. The summed E-state index contributed by atoms with van der Waals surface area (Å²) in [5.74, 6) is -0.00892. The lowest BCUT2D eigenvalue weighted by atomic mass is 10.0. The van der Waals surface area contributed by atoms with Crippen molar-refractivity contribution in [3.8, 4) is 6.07 Å². The molecule has 4 nitrogen and oxygen atoms in total. The summed E-state index contributed by atoms with van der Waals surface area (Å²) in [6.45, 7) is 5.53. The lowest BCUT2D eigenvalue weighted by Gasteiger charge is -2.20. The van der Waals surface area contributed by atoms with Crippen LogP contribution in [-0.4, -0.2) is 14.2 Å². The second-order valence-corrected chi connectivity index (χ2v) is 7.16. The third kappa shape index (κ3) is 4.86. The fourth-order valence-electron chi connectivity index (χ4n) is 1.61. The molecule has 0 bridgehead atoms. The minimum absolute atomic E-state index is 0.00892. The van der Waals surface area contributed by atoms with E-state index in [4.69, 9.17) is 5.26 Å². The zero-order valence-corrected chi connectivity index (χ0v) is 11.7. The molecule has 0 aliphatic heterocycles. The number of hydrogen-bond donors (Lipinski definition) is 1. The summed E-state index contributed by atoms with van der Waals surface area (Å²) in [6, 6.07) is 9.97. The maximum absolute atomic E-state index is 11.9. The molecule has 0 radical (unpaired) electrons. The molecule has 0 aliphatic carbocycles. The fraction of sp³-hybridized carbons (Fsp3) is 0.462. The van der Waals surface area contributed by atoms with Gasteiger partial charge in [0.1, 0.15) is 6.04 Å². The van der Waals surface area contributed by atoms with Gasteiger partial charge in [-0.2, -0.15) is 9.98 Å². The zero-order chi connectivity index (χ0) is 13.8. The van der Waals surface area contributed by atoms with Crippen molar-refractivity contribution >= 4 is 10.0 Å². The number of nitrogens with zero attached hydrogens (tertiary/aromatic N) is 1. The highest BCUT2D eigenvalue weighted by Crippen LogP contribution is 2.18. The van der Waals surface area contributed by atoms with Gasteiger partial charge < -0.3 is 0 Å². The second-order valence-electron chi connectivity index (χ2n) is 5.41. The Hall–Kier alpha value is -1.38. The van der Waals surface area contributed by atoms with Crippen LogP contribution in [0.5, 0.6) is 0 Å². The molecule has 1 rings (SSSR count). The van der Waals surface area contributed by atoms with Gasteiger partial charge in [0, 0.05) is 0 Å². The van der Waals surface area contributed by atoms with Crippen LogP contribution < -0.4 is 4.72 Å². The van der Waals surface area contributed by atoms with Crippen LogP contribution in [0.4, 0.5) is 0 Å². The summed E-state index contributed by atoms with van der Waals surface area (Å²) in [4.78, 5) is 0. The molecule has 1 N–H and O–H groups in total. The van der Waals surface area contributed by atoms with E-state index in [9.17, 15) is 8.42 Å². The molecule has 5 heteroatoms. The molecule has 1 atom stereocenters. The highest BCUT2D eigenvalue weighted by Gasteiger charge is 2.25. The van der Waals surface area contributed by atoms with Gasteiger partial charge in [-0.3, -0.25) is 0 Å². The highest BCUT2D eigenvalue weighted by molar-refractivity contribution is 7.89. The smallest absolute Gasteiger partial charge is 0.212 e. The number of nitriles is 1. The Kier molecular flexibility index (Phi) is 4.49. The zero-order valence-electron chi connectivity index (χ0n) is 10.8. The first-order valence-corrected chi connectivity index (χ1v) is 7.33. The maximum Gasteiger partial charge on any atom is 0.213 e. The van der Waals surface area contributed by atoms with E-state index < -0.39 is 16.1 Å². The number of rotatable bonds is 4. The Bertz CT molecular complexity index is 524. The summed E-state index contributed by atoms with van der Waals surface area (Å²) in [6.07, 6.45) is 0. The van der Waals surface area contributed by atoms with Gasteiger partial charge in [-0.05, 0) is 11.0 Å². The topological polar surface area (TPSA) is 70.0 Å². The Morgan fingerprint density at radius 1 is 1.28 bits per heavy atom. The van der Waals surface area contributed by atoms with Gasteiger partial charge >= 0.3 is 0 Å². The molecule has 0 saturated heterocycles. The van der Waals surface area contributed by atoms with Crippen molar-refractivity contribution in [3.63, 3.8) is 0 Å². The Morgan fingerprint density at radius 2 is 1.83 bits per heavy atom. The molecular formula is C13H18N2O2S. The van der Waals surface area contributed by atoms with Crippen molar-refractivity contribution in [3.05, 3.63) is 35.9 Å². The van der Waals surface area contributed by atoms with Crippen LogP contribution >= 0.6 is 0 Å². The average molecular weight is 266 g/mol. The molecule has 0 fully saturated rings. The van der Waals surface area contributed by atoms with Gasteiger partial charge in [0.15, 0.2) is 0 Å². The van der Waals surface area contributed by atoms with Crippen LogP contribution in [0, 0.1) is 16.7 Å². The van der Waals surface area contributed by atoms with Crippen molar-refractivity contribution < 1.29 is 8.42 Å². The van der Waals surface area contributed by atoms with Gasteiger partial charge in [-0.15, -0.1) is 0 Å². The van der Waals surface area contributed by atoms with Gasteiger partial charge in [0.25, 0.3) is 0 Å². The minimum atomic E-state index is -3.47.